The van der Waals surface area contributed by atoms with E-state index in [0.29, 0.717) is 0 Å². The lowest BCUT2D eigenvalue weighted by atomic mass is 10.1. The number of carbonyl (C=O) groups is 2. The van der Waals surface area contributed by atoms with E-state index in [0.717, 1.165) is 25.1 Å². The van der Waals surface area contributed by atoms with Gasteiger partial charge in [0, 0.05) is 19.2 Å². The number of aryl methyl sites for hydroxylation is 2. The highest BCUT2D eigenvalue weighted by molar-refractivity contribution is 5.81. The number of esters is 1. The predicted molar refractivity (Wildman–Crippen MR) is 129 cm³/mol. The zero-order valence-corrected chi connectivity index (χ0v) is 20.5. The molecule has 1 heterocycles. The number of ether oxygens (including phenoxy) is 2. The van der Waals surface area contributed by atoms with Crippen molar-refractivity contribution in [1.29, 1.82) is 0 Å². The Morgan fingerprint density at radius 1 is 1.03 bits per heavy atom. The Bertz CT molecular complexity index is 843. The van der Waals surface area contributed by atoms with Crippen molar-refractivity contribution in [2.24, 2.45) is 0 Å². The van der Waals surface area contributed by atoms with Crippen molar-refractivity contribution in [2.45, 2.75) is 90.3 Å². The molecule has 0 aliphatic rings. The second-order valence-corrected chi connectivity index (χ2v) is 9.39. The van der Waals surface area contributed by atoms with Gasteiger partial charge >= 0.3 is 12.1 Å². The summed E-state index contributed by atoms with van der Waals surface area (Å²) in [5.74, 6) is -0.525. The van der Waals surface area contributed by atoms with Gasteiger partial charge in [-0.05, 0) is 45.6 Å². The van der Waals surface area contributed by atoms with Gasteiger partial charge in [-0.1, -0.05) is 56.0 Å². The Balaban J connectivity index is 1.66. The number of hydrogen-bond acceptors (Lipinski definition) is 5. The Hall–Kier alpha value is -2.83. The Morgan fingerprint density at radius 2 is 1.70 bits per heavy atom. The second-order valence-electron chi connectivity index (χ2n) is 9.39. The first-order valence-electron chi connectivity index (χ1n) is 11.9. The van der Waals surface area contributed by atoms with Gasteiger partial charge in [0.1, 0.15) is 11.6 Å². The molecule has 0 spiro atoms. The topological polar surface area (TPSA) is 82.5 Å². The number of alkyl carbamates (subject to hydrolysis) is 1. The number of nitrogens with zero attached hydrogens (tertiary/aromatic N) is 2. The molecule has 1 atom stereocenters. The molecule has 182 valence electrons. The minimum absolute atomic E-state index is 0.250. The maximum absolute atomic E-state index is 12.1. The Kier molecular flexibility index (Phi) is 10.9. The SMILES string of the molecule is COC(=O)[C@H](Cc1cn(CCCCCCCCc2ccccc2)cn1)NC(=O)OC(C)(C)C. The van der Waals surface area contributed by atoms with E-state index in [-0.39, 0.29) is 6.42 Å². The third kappa shape index (κ3) is 11.0. The first-order valence-corrected chi connectivity index (χ1v) is 11.9. The summed E-state index contributed by atoms with van der Waals surface area (Å²) in [6.45, 7) is 6.20. The van der Waals surface area contributed by atoms with Gasteiger partial charge in [0.25, 0.3) is 0 Å². The summed E-state index contributed by atoms with van der Waals surface area (Å²) in [6.07, 6.45) is 11.7. The highest BCUT2D eigenvalue weighted by atomic mass is 16.6. The first kappa shape index (κ1) is 26.4. The van der Waals surface area contributed by atoms with Crippen LogP contribution < -0.4 is 5.32 Å². The van der Waals surface area contributed by atoms with Gasteiger partial charge in [0.2, 0.25) is 0 Å². The molecule has 0 unspecified atom stereocenters. The lowest BCUT2D eigenvalue weighted by Gasteiger charge is -2.22. The van der Waals surface area contributed by atoms with Gasteiger partial charge in [-0.2, -0.15) is 0 Å². The van der Waals surface area contributed by atoms with Crippen molar-refractivity contribution in [1.82, 2.24) is 14.9 Å². The van der Waals surface area contributed by atoms with Crippen LogP contribution in [0.25, 0.3) is 0 Å². The smallest absolute Gasteiger partial charge is 0.408 e. The van der Waals surface area contributed by atoms with Crippen LogP contribution in [0, 0.1) is 0 Å². The van der Waals surface area contributed by atoms with Gasteiger partial charge in [-0.25, -0.2) is 14.6 Å². The van der Waals surface area contributed by atoms with Crippen LogP contribution in [0.4, 0.5) is 4.79 Å². The number of benzene rings is 1. The first-order chi connectivity index (χ1) is 15.8. The molecule has 1 aromatic carbocycles. The Morgan fingerprint density at radius 3 is 2.36 bits per heavy atom. The average Bonchev–Trinajstić information content (AvgIpc) is 3.21. The van der Waals surface area contributed by atoms with Crippen molar-refractivity contribution in [3.05, 3.63) is 54.1 Å². The maximum atomic E-state index is 12.1. The molecular weight excluding hydrogens is 418 g/mol. The van der Waals surface area contributed by atoms with Gasteiger partial charge in [-0.3, -0.25) is 0 Å². The van der Waals surface area contributed by atoms with E-state index >= 15 is 0 Å². The standard InChI is InChI=1S/C26H39N3O4/c1-26(2,3)33-25(31)28-23(24(30)32-4)18-22-19-29(20-27-22)17-13-8-6-5-7-10-14-21-15-11-9-12-16-21/h9,11-12,15-16,19-20,23H,5-8,10,13-14,17-18H2,1-4H3,(H,28,31)/t23-/m0/s1. The van der Waals surface area contributed by atoms with Crippen LogP contribution in [-0.4, -0.2) is 40.4 Å². The van der Waals surface area contributed by atoms with Crippen LogP contribution in [0.3, 0.4) is 0 Å². The van der Waals surface area contributed by atoms with Crippen LogP contribution in [0.15, 0.2) is 42.9 Å². The number of aromatic nitrogens is 2. The van der Waals surface area contributed by atoms with E-state index in [9.17, 15) is 9.59 Å². The van der Waals surface area contributed by atoms with Gasteiger partial charge in [0.15, 0.2) is 0 Å². The lowest BCUT2D eigenvalue weighted by molar-refractivity contribution is -0.143. The summed E-state index contributed by atoms with van der Waals surface area (Å²) in [5.41, 5.74) is 1.50. The average molecular weight is 458 g/mol. The quantitative estimate of drug-likeness (QED) is 0.335. The maximum Gasteiger partial charge on any atom is 0.408 e. The molecular formula is C26H39N3O4. The molecule has 0 fully saturated rings. The molecule has 7 heteroatoms. The minimum Gasteiger partial charge on any atom is -0.467 e. The van der Waals surface area contributed by atoms with Crippen LogP contribution in [0.5, 0.6) is 0 Å². The summed E-state index contributed by atoms with van der Waals surface area (Å²) in [7, 11) is 1.30. The molecule has 0 aliphatic heterocycles. The van der Waals surface area contributed by atoms with Crippen LogP contribution in [-0.2, 0) is 33.7 Å². The van der Waals surface area contributed by atoms with Gasteiger partial charge < -0.3 is 19.4 Å². The van der Waals surface area contributed by atoms with Crippen LogP contribution >= 0.6 is 0 Å². The fourth-order valence-corrected chi connectivity index (χ4v) is 3.60. The fraction of sp³-hybridized carbons (Fsp3) is 0.577. The predicted octanol–water partition coefficient (Wildman–Crippen LogP) is 5.08. The number of nitrogens with one attached hydrogen (secondary N) is 1. The molecule has 0 bridgehead atoms. The van der Waals surface area contributed by atoms with Crippen molar-refractivity contribution in [2.75, 3.05) is 7.11 Å². The molecule has 0 saturated carbocycles. The Labute approximate surface area is 197 Å². The van der Waals surface area contributed by atoms with E-state index in [1.807, 2.05) is 10.8 Å². The monoisotopic (exact) mass is 457 g/mol. The zero-order chi connectivity index (χ0) is 24.1. The molecule has 1 N–H and O–H groups in total. The third-order valence-corrected chi connectivity index (χ3v) is 5.25. The summed E-state index contributed by atoms with van der Waals surface area (Å²) in [5, 5.41) is 2.58. The number of amides is 1. The molecule has 0 aliphatic carbocycles. The molecule has 2 aromatic rings. The summed E-state index contributed by atoms with van der Waals surface area (Å²) in [4.78, 5) is 28.5. The van der Waals surface area contributed by atoms with Gasteiger partial charge in [-0.15, -0.1) is 0 Å². The number of rotatable bonds is 13. The summed E-state index contributed by atoms with van der Waals surface area (Å²) < 4.78 is 12.1. The molecule has 33 heavy (non-hydrogen) atoms. The van der Waals surface area contributed by atoms with E-state index in [1.165, 1.54) is 44.8 Å². The van der Waals surface area contributed by atoms with E-state index in [2.05, 4.69) is 40.6 Å². The molecule has 7 nitrogen and oxygen atoms in total. The number of hydrogen-bond donors (Lipinski definition) is 1. The number of imidazole rings is 1. The summed E-state index contributed by atoms with van der Waals surface area (Å²) >= 11 is 0. The molecule has 1 amide bonds. The van der Waals surface area contributed by atoms with Crippen molar-refractivity contribution in [3.8, 4) is 0 Å². The minimum atomic E-state index is -0.843. The second kappa shape index (κ2) is 13.7. The molecule has 2 rings (SSSR count). The van der Waals surface area contributed by atoms with Crippen LogP contribution in [0.1, 0.15) is 70.6 Å². The normalized spacial score (nSPS) is 12.2. The molecule has 0 radical (unpaired) electrons. The van der Waals surface area contributed by atoms with E-state index < -0.39 is 23.7 Å². The zero-order valence-electron chi connectivity index (χ0n) is 20.5. The molecule has 1 aromatic heterocycles. The van der Waals surface area contributed by atoms with Crippen molar-refractivity contribution in [3.63, 3.8) is 0 Å². The largest absolute Gasteiger partial charge is 0.467 e. The van der Waals surface area contributed by atoms with E-state index in [4.69, 9.17) is 9.47 Å². The summed E-state index contributed by atoms with van der Waals surface area (Å²) in [6, 6.07) is 9.81. The third-order valence-electron chi connectivity index (χ3n) is 5.25. The number of unbranched alkanes of at least 4 members (excludes halogenated alkanes) is 5. The highest BCUT2D eigenvalue weighted by Crippen LogP contribution is 2.12. The molecule has 0 saturated heterocycles. The fourth-order valence-electron chi connectivity index (χ4n) is 3.60. The number of methoxy groups -OCH3 is 1. The highest BCUT2D eigenvalue weighted by Gasteiger charge is 2.26. The van der Waals surface area contributed by atoms with E-state index in [1.54, 1.807) is 27.1 Å². The van der Waals surface area contributed by atoms with Crippen LogP contribution in [0.2, 0.25) is 0 Å². The van der Waals surface area contributed by atoms with Crippen molar-refractivity contribution >= 4 is 12.1 Å². The van der Waals surface area contributed by atoms with Gasteiger partial charge in [0.05, 0.1) is 19.1 Å². The van der Waals surface area contributed by atoms with Crippen molar-refractivity contribution < 1.29 is 19.1 Å². The number of carbonyl (C=O) groups excluding carboxylic acids is 2. The lowest BCUT2D eigenvalue weighted by Crippen LogP contribution is -2.45.